The number of carbonyl (C=O) groups excluding carboxylic acids is 1. The Hall–Kier alpha value is -3.29. The van der Waals surface area contributed by atoms with E-state index in [1.54, 1.807) is 52.1 Å². The first-order valence-corrected chi connectivity index (χ1v) is 7.92. The van der Waals surface area contributed by atoms with Gasteiger partial charge in [-0.2, -0.15) is 0 Å². The highest BCUT2D eigenvalue weighted by molar-refractivity contribution is 5.85. The van der Waals surface area contributed by atoms with Crippen LogP contribution in [0.15, 0.2) is 42.5 Å². The van der Waals surface area contributed by atoms with Crippen molar-refractivity contribution in [2.24, 2.45) is 0 Å². The van der Waals surface area contributed by atoms with E-state index >= 15 is 0 Å². The molecule has 26 heavy (non-hydrogen) atoms. The number of hydrogen-bond donors (Lipinski definition) is 2. The monoisotopic (exact) mass is 359 g/mol. The molecule has 0 unspecified atom stereocenters. The van der Waals surface area contributed by atoms with Gasteiger partial charge in [-0.15, -0.1) is 0 Å². The second-order valence-corrected chi connectivity index (χ2v) is 6.44. The Morgan fingerprint density at radius 2 is 1.81 bits per heavy atom. The molecule has 0 saturated carbocycles. The first-order valence-electron chi connectivity index (χ1n) is 7.92. The molecular formula is C18H21N3O5. The molecule has 138 valence electrons. The van der Waals surface area contributed by atoms with Crippen molar-refractivity contribution in [3.63, 3.8) is 0 Å². The zero-order chi connectivity index (χ0) is 19.3. The van der Waals surface area contributed by atoms with E-state index in [0.717, 1.165) is 0 Å². The lowest BCUT2D eigenvalue weighted by molar-refractivity contribution is -0.384. The molecule has 2 rings (SSSR count). The number of hydrogen-bond acceptors (Lipinski definition) is 6. The van der Waals surface area contributed by atoms with E-state index in [1.807, 2.05) is 0 Å². The minimum absolute atomic E-state index is 0.0415. The summed E-state index contributed by atoms with van der Waals surface area (Å²) in [5, 5.41) is 16.4. The molecule has 2 aromatic carbocycles. The van der Waals surface area contributed by atoms with Crippen molar-refractivity contribution in [3.8, 4) is 11.5 Å². The molecule has 8 heteroatoms. The summed E-state index contributed by atoms with van der Waals surface area (Å²) in [5.74, 6) is 0.892. The number of nitro groups is 1. The summed E-state index contributed by atoms with van der Waals surface area (Å²) in [6.45, 7) is 5.33. The molecule has 1 amide bonds. The van der Waals surface area contributed by atoms with Gasteiger partial charge in [0.1, 0.15) is 22.8 Å². The normalized spacial score (nSPS) is 10.8. The number of ether oxygens (including phenoxy) is 2. The molecule has 0 heterocycles. The quantitative estimate of drug-likeness (QED) is 0.588. The van der Waals surface area contributed by atoms with Crippen LogP contribution in [0, 0.1) is 10.1 Å². The van der Waals surface area contributed by atoms with E-state index in [1.165, 1.54) is 18.2 Å². The van der Waals surface area contributed by atoms with Gasteiger partial charge in [0.2, 0.25) is 0 Å². The first kappa shape index (κ1) is 19.0. The van der Waals surface area contributed by atoms with Crippen LogP contribution in [0.25, 0.3) is 0 Å². The molecule has 0 aromatic heterocycles. The zero-order valence-electron chi connectivity index (χ0n) is 15.0. The fraction of sp³-hybridized carbons (Fsp3) is 0.278. The van der Waals surface area contributed by atoms with Crippen LogP contribution in [-0.2, 0) is 4.74 Å². The van der Waals surface area contributed by atoms with Gasteiger partial charge in [0, 0.05) is 30.9 Å². The minimum Gasteiger partial charge on any atom is -0.457 e. The number of benzene rings is 2. The Balaban J connectivity index is 2.13. The standard InChI is InChI=1S/C18H21N3O5/c1-18(2,3)26-17(22)20-12-6-5-7-13(10-12)25-14-8-9-16(21(23)24)15(11-14)19-4/h5-11,19H,1-4H3,(H,20,22). The number of rotatable bonds is 5. The number of nitrogens with zero attached hydrogens (tertiary/aromatic N) is 1. The highest BCUT2D eigenvalue weighted by Crippen LogP contribution is 2.31. The van der Waals surface area contributed by atoms with E-state index in [0.29, 0.717) is 22.9 Å². The molecular weight excluding hydrogens is 338 g/mol. The van der Waals surface area contributed by atoms with Crippen LogP contribution >= 0.6 is 0 Å². The number of carbonyl (C=O) groups is 1. The van der Waals surface area contributed by atoms with Crippen molar-refractivity contribution in [3.05, 3.63) is 52.6 Å². The zero-order valence-corrected chi connectivity index (χ0v) is 15.0. The van der Waals surface area contributed by atoms with Crippen LogP contribution in [0.5, 0.6) is 11.5 Å². The van der Waals surface area contributed by atoms with Crippen molar-refractivity contribution in [2.75, 3.05) is 17.7 Å². The third-order valence-corrected chi connectivity index (χ3v) is 3.15. The maximum atomic E-state index is 11.8. The van der Waals surface area contributed by atoms with Crippen molar-refractivity contribution in [1.82, 2.24) is 0 Å². The summed E-state index contributed by atoms with van der Waals surface area (Å²) in [7, 11) is 1.59. The molecule has 8 nitrogen and oxygen atoms in total. The van der Waals surface area contributed by atoms with Crippen LogP contribution in [0.4, 0.5) is 21.9 Å². The van der Waals surface area contributed by atoms with E-state index in [2.05, 4.69) is 10.6 Å². The lowest BCUT2D eigenvalue weighted by Gasteiger charge is -2.19. The Morgan fingerprint density at radius 3 is 2.42 bits per heavy atom. The van der Waals surface area contributed by atoms with E-state index in [-0.39, 0.29) is 5.69 Å². The van der Waals surface area contributed by atoms with Gasteiger partial charge in [-0.25, -0.2) is 4.79 Å². The SMILES string of the molecule is CNc1cc(Oc2cccc(NC(=O)OC(C)(C)C)c2)ccc1[N+](=O)[O-]. The van der Waals surface area contributed by atoms with Crippen molar-refractivity contribution >= 4 is 23.2 Å². The second kappa shape index (κ2) is 7.73. The molecule has 0 spiro atoms. The van der Waals surface area contributed by atoms with Crippen LogP contribution in [-0.4, -0.2) is 23.7 Å². The van der Waals surface area contributed by atoms with Gasteiger partial charge in [0.05, 0.1) is 4.92 Å². The maximum Gasteiger partial charge on any atom is 0.412 e. The van der Waals surface area contributed by atoms with Crippen molar-refractivity contribution in [2.45, 2.75) is 26.4 Å². The second-order valence-electron chi connectivity index (χ2n) is 6.44. The fourth-order valence-electron chi connectivity index (χ4n) is 2.13. The van der Waals surface area contributed by atoms with Gasteiger partial charge in [-0.1, -0.05) is 6.07 Å². The molecule has 0 saturated heterocycles. The lowest BCUT2D eigenvalue weighted by Crippen LogP contribution is -2.27. The molecule has 2 N–H and O–H groups in total. The number of nitrogens with one attached hydrogen (secondary N) is 2. The van der Waals surface area contributed by atoms with Crippen LogP contribution in [0.1, 0.15) is 20.8 Å². The summed E-state index contributed by atoms with van der Waals surface area (Å²) in [5.41, 5.74) is 0.212. The van der Waals surface area contributed by atoms with Gasteiger partial charge in [-0.05, 0) is 39.0 Å². The molecule has 0 radical (unpaired) electrons. The van der Waals surface area contributed by atoms with Gasteiger partial charge in [0.25, 0.3) is 5.69 Å². The Bertz CT molecular complexity index is 815. The third-order valence-electron chi connectivity index (χ3n) is 3.15. The smallest absolute Gasteiger partial charge is 0.412 e. The minimum atomic E-state index is -0.597. The van der Waals surface area contributed by atoms with Crippen molar-refractivity contribution < 1.29 is 19.2 Å². The van der Waals surface area contributed by atoms with Crippen LogP contribution in [0.2, 0.25) is 0 Å². The highest BCUT2D eigenvalue weighted by atomic mass is 16.6. The van der Waals surface area contributed by atoms with Gasteiger partial charge < -0.3 is 14.8 Å². The number of anilines is 2. The number of amides is 1. The van der Waals surface area contributed by atoms with E-state index in [4.69, 9.17) is 9.47 Å². The van der Waals surface area contributed by atoms with E-state index in [9.17, 15) is 14.9 Å². The predicted octanol–water partition coefficient (Wildman–Crippen LogP) is 4.78. The molecule has 0 fully saturated rings. The lowest BCUT2D eigenvalue weighted by atomic mass is 10.2. The highest BCUT2D eigenvalue weighted by Gasteiger charge is 2.17. The summed E-state index contributed by atoms with van der Waals surface area (Å²) < 4.78 is 10.9. The van der Waals surface area contributed by atoms with Gasteiger partial charge >= 0.3 is 6.09 Å². The predicted molar refractivity (Wildman–Crippen MR) is 99.0 cm³/mol. The topological polar surface area (TPSA) is 103 Å². The molecule has 0 aliphatic rings. The largest absolute Gasteiger partial charge is 0.457 e. The van der Waals surface area contributed by atoms with Crippen LogP contribution < -0.4 is 15.4 Å². The van der Waals surface area contributed by atoms with Crippen molar-refractivity contribution in [1.29, 1.82) is 0 Å². The Kier molecular flexibility index (Phi) is 5.66. The average molecular weight is 359 g/mol. The Labute approximate surface area is 151 Å². The maximum absolute atomic E-state index is 11.8. The summed E-state index contributed by atoms with van der Waals surface area (Å²) in [4.78, 5) is 22.3. The Morgan fingerprint density at radius 1 is 1.12 bits per heavy atom. The molecule has 0 aliphatic carbocycles. The average Bonchev–Trinajstić information content (AvgIpc) is 2.52. The van der Waals surface area contributed by atoms with Gasteiger partial charge in [-0.3, -0.25) is 15.4 Å². The summed E-state index contributed by atoms with van der Waals surface area (Å²) in [6, 6.07) is 11.2. The van der Waals surface area contributed by atoms with Crippen LogP contribution in [0.3, 0.4) is 0 Å². The fourth-order valence-corrected chi connectivity index (χ4v) is 2.13. The molecule has 2 aromatic rings. The van der Waals surface area contributed by atoms with Gasteiger partial charge in [0.15, 0.2) is 0 Å². The first-order chi connectivity index (χ1) is 12.2. The summed E-state index contributed by atoms with van der Waals surface area (Å²) >= 11 is 0. The molecule has 0 atom stereocenters. The van der Waals surface area contributed by atoms with E-state index < -0.39 is 16.6 Å². The number of nitro benzene ring substituents is 1. The molecule has 0 bridgehead atoms. The molecule has 0 aliphatic heterocycles. The summed E-state index contributed by atoms with van der Waals surface area (Å²) in [6.07, 6.45) is -0.567. The third kappa shape index (κ3) is 5.37.